The fourth-order valence-corrected chi connectivity index (χ4v) is 4.53. The summed E-state index contributed by atoms with van der Waals surface area (Å²) in [4.78, 5) is 17.7. The van der Waals surface area contributed by atoms with E-state index in [9.17, 15) is 18.3 Å². The van der Waals surface area contributed by atoms with Crippen LogP contribution in [-0.4, -0.2) is 41.6 Å². The molecule has 1 N–H and O–H groups in total. The van der Waals surface area contributed by atoms with Crippen molar-refractivity contribution in [2.24, 2.45) is 17.6 Å². The minimum absolute atomic E-state index is 0.118. The number of carbonyl (C=O) groups excluding carboxylic acids is 1. The first kappa shape index (κ1) is 15.8. The van der Waals surface area contributed by atoms with Gasteiger partial charge in [0.1, 0.15) is 17.4 Å². The van der Waals surface area contributed by atoms with E-state index >= 15 is 0 Å². The second-order valence-electron chi connectivity index (χ2n) is 6.37. The SMILES string of the molecule is Cn1ncc(C2ON=C3c4c(cccc4S(C)(=O)=O)CC32C=O)c1O. The largest absolute Gasteiger partial charge is 0.493 e. The Kier molecular flexibility index (Phi) is 3.11. The fraction of sp³-hybridized carbons (Fsp3) is 0.312. The summed E-state index contributed by atoms with van der Waals surface area (Å²) >= 11 is 0. The lowest BCUT2D eigenvalue weighted by Crippen LogP contribution is -2.33. The van der Waals surface area contributed by atoms with Gasteiger partial charge < -0.3 is 14.7 Å². The van der Waals surface area contributed by atoms with Gasteiger partial charge in [-0.05, 0) is 18.1 Å². The average Bonchev–Trinajstić information content (AvgIpc) is 3.18. The molecular formula is C16H15N3O5S. The van der Waals surface area contributed by atoms with Crippen LogP contribution in [0.4, 0.5) is 0 Å². The van der Waals surface area contributed by atoms with E-state index < -0.39 is 21.4 Å². The molecule has 130 valence electrons. The number of hydrogen-bond acceptors (Lipinski definition) is 7. The smallest absolute Gasteiger partial charge is 0.216 e. The van der Waals surface area contributed by atoms with Gasteiger partial charge in [0.25, 0.3) is 0 Å². The first-order valence-corrected chi connectivity index (χ1v) is 9.42. The van der Waals surface area contributed by atoms with Gasteiger partial charge in [-0.1, -0.05) is 17.3 Å². The van der Waals surface area contributed by atoms with Crippen molar-refractivity contribution in [2.45, 2.75) is 17.4 Å². The van der Waals surface area contributed by atoms with Gasteiger partial charge in [0.2, 0.25) is 5.88 Å². The molecule has 2 atom stereocenters. The van der Waals surface area contributed by atoms with Crippen LogP contribution in [0, 0.1) is 5.41 Å². The minimum Gasteiger partial charge on any atom is -0.493 e. The molecule has 2 heterocycles. The first-order valence-electron chi connectivity index (χ1n) is 7.53. The third-order valence-corrected chi connectivity index (χ3v) is 5.96. The Morgan fingerprint density at radius 3 is 2.80 bits per heavy atom. The van der Waals surface area contributed by atoms with Crippen LogP contribution < -0.4 is 0 Å². The fourth-order valence-electron chi connectivity index (χ4n) is 3.61. The normalized spacial score (nSPS) is 24.4. The van der Waals surface area contributed by atoms with E-state index in [1.807, 2.05) is 0 Å². The Hall–Kier alpha value is -2.68. The number of benzene rings is 1. The molecule has 8 nitrogen and oxygen atoms in total. The van der Waals surface area contributed by atoms with Crippen LogP contribution in [0.5, 0.6) is 5.88 Å². The summed E-state index contributed by atoms with van der Waals surface area (Å²) in [6.45, 7) is 0. The molecule has 0 fully saturated rings. The number of aldehydes is 1. The van der Waals surface area contributed by atoms with Crippen molar-refractivity contribution in [3.8, 4) is 5.88 Å². The average molecular weight is 361 g/mol. The van der Waals surface area contributed by atoms with E-state index in [0.29, 0.717) is 16.7 Å². The highest BCUT2D eigenvalue weighted by Crippen LogP contribution is 2.53. The van der Waals surface area contributed by atoms with E-state index in [0.717, 1.165) is 12.5 Å². The molecule has 4 rings (SSSR count). The zero-order valence-corrected chi connectivity index (χ0v) is 14.3. The topological polar surface area (TPSA) is 111 Å². The highest BCUT2D eigenvalue weighted by molar-refractivity contribution is 7.90. The number of oxime groups is 1. The summed E-state index contributed by atoms with van der Waals surface area (Å²) in [5.74, 6) is -0.123. The molecule has 0 spiro atoms. The zero-order chi connectivity index (χ0) is 18.0. The second-order valence-corrected chi connectivity index (χ2v) is 8.35. The lowest BCUT2D eigenvalue weighted by Gasteiger charge is -2.23. The summed E-state index contributed by atoms with van der Waals surface area (Å²) in [5, 5.41) is 18.2. The van der Waals surface area contributed by atoms with Crippen LogP contribution in [0.1, 0.15) is 22.8 Å². The molecule has 0 saturated heterocycles. The van der Waals surface area contributed by atoms with Crippen LogP contribution in [0.25, 0.3) is 0 Å². The molecule has 1 aliphatic heterocycles. The van der Waals surface area contributed by atoms with Crippen molar-refractivity contribution in [1.29, 1.82) is 0 Å². The number of nitrogens with zero attached hydrogens (tertiary/aromatic N) is 3. The van der Waals surface area contributed by atoms with E-state index in [1.54, 1.807) is 19.2 Å². The number of carbonyl (C=O) groups is 1. The molecule has 0 bridgehead atoms. The van der Waals surface area contributed by atoms with Crippen molar-refractivity contribution in [3.63, 3.8) is 0 Å². The number of aromatic hydroxyl groups is 1. The van der Waals surface area contributed by atoms with Crippen LogP contribution in [0.2, 0.25) is 0 Å². The molecule has 0 radical (unpaired) electrons. The molecule has 2 unspecified atom stereocenters. The molecule has 9 heteroatoms. The molecule has 0 saturated carbocycles. The highest BCUT2D eigenvalue weighted by Gasteiger charge is 2.57. The highest BCUT2D eigenvalue weighted by atomic mass is 32.2. The first-order chi connectivity index (χ1) is 11.8. The Morgan fingerprint density at radius 2 is 2.20 bits per heavy atom. The van der Waals surface area contributed by atoms with Crippen molar-refractivity contribution >= 4 is 21.8 Å². The summed E-state index contributed by atoms with van der Waals surface area (Å²) in [7, 11) is -1.94. The molecule has 0 amide bonds. The van der Waals surface area contributed by atoms with Crippen molar-refractivity contribution in [1.82, 2.24) is 9.78 Å². The number of hydrogen-bond donors (Lipinski definition) is 1. The molecule has 1 aliphatic carbocycles. The van der Waals surface area contributed by atoms with Gasteiger partial charge in [0.15, 0.2) is 15.9 Å². The lowest BCUT2D eigenvalue weighted by atomic mass is 9.77. The van der Waals surface area contributed by atoms with E-state index in [-0.39, 0.29) is 22.9 Å². The van der Waals surface area contributed by atoms with E-state index in [4.69, 9.17) is 4.84 Å². The Labute approximate surface area is 143 Å². The predicted molar refractivity (Wildman–Crippen MR) is 87.0 cm³/mol. The third-order valence-electron chi connectivity index (χ3n) is 4.82. The molecule has 1 aromatic heterocycles. The van der Waals surface area contributed by atoms with Crippen LogP contribution >= 0.6 is 0 Å². The van der Waals surface area contributed by atoms with Crippen LogP contribution in [0.15, 0.2) is 34.4 Å². The predicted octanol–water partition coefficient (Wildman–Crippen LogP) is 0.746. The summed E-state index contributed by atoms with van der Waals surface area (Å²) in [6.07, 6.45) is 2.64. The standard InChI is InChI=1S/C16H15N3O5S/c1-19-15(21)10(7-17-19)14-16(8-20)6-9-4-3-5-11(25(2,22)23)12(9)13(16)18-24-14/h3-5,7-8,14,21H,6H2,1-2H3. The third kappa shape index (κ3) is 1.98. The van der Waals surface area contributed by atoms with Crippen LogP contribution in [0.3, 0.4) is 0 Å². The number of aryl methyl sites for hydroxylation is 1. The van der Waals surface area contributed by atoms with Crippen molar-refractivity contribution < 1.29 is 23.2 Å². The van der Waals surface area contributed by atoms with Gasteiger partial charge in [-0.15, -0.1) is 0 Å². The van der Waals surface area contributed by atoms with Gasteiger partial charge in [-0.2, -0.15) is 5.10 Å². The maximum atomic E-state index is 12.1. The lowest BCUT2D eigenvalue weighted by molar-refractivity contribution is -0.117. The van der Waals surface area contributed by atoms with Gasteiger partial charge >= 0.3 is 0 Å². The van der Waals surface area contributed by atoms with E-state index in [2.05, 4.69) is 10.3 Å². The molecule has 2 aliphatic rings. The Balaban J connectivity index is 1.91. The minimum atomic E-state index is -3.51. The monoisotopic (exact) mass is 361 g/mol. The summed E-state index contributed by atoms with van der Waals surface area (Å²) in [5.41, 5.74) is 0.561. The number of aromatic nitrogens is 2. The van der Waals surface area contributed by atoms with Gasteiger partial charge in [0, 0.05) is 18.9 Å². The van der Waals surface area contributed by atoms with Gasteiger partial charge in [0.05, 0.1) is 16.7 Å². The Bertz CT molecular complexity index is 1040. The molecule has 2 aromatic rings. The quantitative estimate of drug-likeness (QED) is 0.808. The van der Waals surface area contributed by atoms with Crippen LogP contribution in [-0.2, 0) is 32.9 Å². The Morgan fingerprint density at radius 1 is 1.44 bits per heavy atom. The number of rotatable bonds is 3. The van der Waals surface area contributed by atoms with Crippen molar-refractivity contribution in [3.05, 3.63) is 41.1 Å². The molecule has 1 aromatic carbocycles. The maximum absolute atomic E-state index is 12.1. The molecule has 25 heavy (non-hydrogen) atoms. The summed E-state index contributed by atoms with van der Waals surface area (Å²) < 4.78 is 25.6. The van der Waals surface area contributed by atoms with E-state index in [1.165, 1.54) is 16.9 Å². The zero-order valence-electron chi connectivity index (χ0n) is 13.5. The second kappa shape index (κ2) is 4.92. The van der Waals surface area contributed by atoms with Gasteiger partial charge in [-0.25, -0.2) is 13.1 Å². The van der Waals surface area contributed by atoms with Crippen molar-refractivity contribution in [2.75, 3.05) is 6.26 Å². The molecular weight excluding hydrogens is 346 g/mol. The number of fused-ring (bicyclic) bond motifs is 3. The number of sulfone groups is 1. The maximum Gasteiger partial charge on any atom is 0.216 e. The summed E-state index contributed by atoms with van der Waals surface area (Å²) in [6, 6.07) is 4.91. The van der Waals surface area contributed by atoms with Gasteiger partial charge in [-0.3, -0.25) is 0 Å².